The van der Waals surface area contributed by atoms with Gasteiger partial charge in [0.05, 0.1) is 18.6 Å². The Morgan fingerprint density at radius 1 is 1.19 bits per heavy atom. The van der Waals surface area contributed by atoms with Gasteiger partial charge >= 0.3 is 5.97 Å². The van der Waals surface area contributed by atoms with Gasteiger partial charge in [0.1, 0.15) is 18.0 Å². The van der Waals surface area contributed by atoms with Crippen LogP contribution in [0.2, 0.25) is 18.1 Å². The molecule has 1 aliphatic heterocycles. The summed E-state index contributed by atoms with van der Waals surface area (Å²) in [6.45, 7) is 25.2. The molecular weight excluding hydrogens is 420 g/mol. The zero-order valence-corrected chi connectivity index (χ0v) is 23.5. The number of esters is 1. The molecule has 1 aliphatic rings. The lowest BCUT2D eigenvalue weighted by molar-refractivity contribution is -0.180. The van der Waals surface area contributed by atoms with Gasteiger partial charge < -0.3 is 18.6 Å². The van der Waals surface area contributed by atoms with Crippen LogP contribution >= 0.6 is 0 Å². The Morgan fingerprint density at radius 2 is 1.81 bits per heavy atom. The molecule has 0 aromatic heterocycles. The molecule has 0 saturated carbocycles. The Bertz CT molecular complexity index is 604. The Labute approximate surface area is 198 Å². The van der Waals surface area contributed by atoms with Crippen LogP contribution in [0.4, 0.5) is 0 Å². The lowest BCUT2D eigenvalue weighted by Crippen LogP contribution is -2.56. The van der Waals surface area contributed by atoms with Crippen molar-refractivity contribution in [2.75, 3.05) is 6.79 Å². The number of carbonyl (C=O) groups excluding carboxylic acids is 1. The summed E-state index contributed by atoms with van der Waals surface area (Å²) in [7, 11) is -2.16. The molecule has 0 N–H and O–H groups in total. The van der Waals surface area contributed by atoms with Gasteiger partial charge in [-0.3, -0.25) is 4.79 Å². The van der Waals surface area contributed by atoms with Crippen LogP contribution in [0.1, 0.15) is 93.9 Å². The molecular formula is C26H50O5Si. The van der Waals surface area contributed by atoms with Gasteiger partial charge in [-0.1, -0.05) is 53.0 Å². The van der Waals surface area contributed by atoms with Gasteiger partial charge in [-0.15, -0.1) is 6.58 Å². The van der Waals surface area contributed by atoms with Gasteiger partial charge in [0.2, 0.25) is 0 Å². The average molecular weight is 471 g/mol. The summed E-state index contributed by atoms with van der Waals surface area (Å²) in [5.74, 6) is -0.209. The van der Waals surface area contributed by atoms with Crippen LogP contribution in [0, 0.1) is 5.92 Å². The minimum absolute atomic E-state index is 0.00906. The minimum Gasteiger partial charge on any atom is -0.460 e. The summed E-state index contributed by atoms with van der Waals surface area (Å²) < 4.78 is 25.3. The van der Waals surface area contributed by atoms with Crippen molar-refractivity contribution >= 4 is 14.3 Å². The van der Waals surface area contributed by atoms with Crippen LogP contribution in [0.5, 0.6) is 0 Å². The van der Waals surface area contributed by atoms with Gasteiger partial charge in [-0.25, -0.2) is 0 Å². The van der Waals surface area contributed by atoms with Crippen molar-refractivity contribution in [3.05, 3.63) is 12.7 Å². The van der Waals surface area contributed by atoms with E-state index in [9.17, 15) is 4.79 Å². The van der Waals surface area contributed by atoms with Crippen molar-refractivity contribution < 1.29 is 23.4 Å². The molecule has 0 aliphatic carbocycles. The fraction of sp³-hybridized carbons (Fsp3) is 0.885. The summed E-state index contributed by atoms with van der Waals surface area (Å²) in [4.78, 5) is 12.9. The standard InChI is InChI=1S/C26H50O5Si/c1-12-14-15-17-21-20(16-13-2)23(31-32(10,11)25(6,7)8)26(9,29-19-28-21)18-22(27)30-24(3,4)5/h13,20-21,23H,2,12,14-19H2,1,3-11H3/t20-,21+,23+,26+/m1/s1. The zero-order valence-electron chi connectivity index (χ0n) is 22.5. The van der Waals surface area contributed by atoms with Crippen LogP contribution in [0.15, 0.2) is 12.7 Å². The first-order chi connectivity index (χ1) is 14.6. The molecule has 0 aromatic carbocycles. The molecule has 6 heteroatoms. The topological polar surface area (TPSA) is 54.0 Å². The smallest absolute Gasteiger partial charge is 0.309 e. The molecule has 0 aromatic rings. The van der Waals surface area contributed by atoms with Crippen LogP contribution in [0.25, 0.3) is 0 Å². The second kappa shape index (κ2) is 11.6. The molecule has 1 heterocycles. The summed E-state index contributed by atoms with van der Waals surface area (Å²) in [6.07, 6.45) is 6.94. The first-order valence-corrected chi connectivity index (χ1v) is 15.2. The minimum atomic E-state index is -2.16. The Balaban J connectivity index is 3.37. The van der Waals surface area contributed by atoms with Crippen LogP contribution in [-0.4, -0.2) is 44.5 Å². The van der Waals surface area contributed by atoms with Crippen molar-refractivity contribution in [1.29, 1.82) is 0 Å². The molecule has 0 unspecified atom stereocenters. The molecule has 1 rings (SSSR count). The molecule has 4 atom stereocenters. The highest BCUT2D eigenvalue weighted by atomic mass is 28.4. The van der Waals surface area contributed by atoms with Crippen molar-refractivity contribution in [2.45, 2.75) is 135 Å². The third kappa shape index (κ3) is 8.58. The highest BCUT2D eigenvalue weighted by molar-refractivity contribution is 6.74. The van der Waals surface area contributed by atoms with E-state index < -0.39 is 19.5 Å². The normalized spacial score (nSPS) is 27.6. The van der Waals surface area contributed by atoms with E-state index in [2.05, 4.69) is 47.4 Å². The van der Waals surface area contributed by atoms with E-state index in [0.717, 1.165) is 25.7 Å². The van der Waals surface area contributed by atoms with Gasteiger partial charge in [0.15, 0.2) is 8.32 Å². The second-order valence-corrected chi connectivity index (χ2v) is 16.8. The summed E-state index contributed by atoms with van der Waals surface area (Å²) in [5.41, 5.74) is -1.39. The van der Waals surface area contributed by atoms with Gasteiger partial charge in [0.25, 0.3) is 0 Å². The highest BCUT2D eigenvalue weighted by Crippen LogP contribution is 2.44. The zero-order chi connectivity index (χ0) is 24.8. The first kappa shape index (κ1) is 29.3. The summed E-state index contributed by atoms with van der Waals surface area (Å²) in [6, 6.07) is 0. The van der Waals surface area contributed by atoms with E-state index in [4.69, 9.17) is 18.6 Å². The van der Waals surface area contributed by atoms with Crippen molar-refractivity contribution in [3.63, 3.8) is 0 Å². The number of ether oxygens (including phenoxy) is 3. The van der Waals surface area contributed by atoms with E-state index in [0.29, 0.717) is 0 Å². The van der Waals surface area contributed by atoms with E-state index in [-0.39, 0.29) is 42.3 Å². The lowest BCUT2D eigenvalue weighted by atomic mass is 9.80. The van der Waals surface area contributed by atoms with E-state index in [1.165, 1.54) is 6.42 Å². The number of hydrogen-bond donors (Lipinski definition) is 0. The lowest BCUT2D eigenvalue weighted by Gasteiger charge is -2.47. The summed E-state index contributed by atoms with van der Waals surface area (Å²) >= 11 is 0. The largest absolute Gasteiger partial charge is 0.460 e. The van der Waals surface area contributed by atoms with Crippen LogP contribution < -0.4 is 0 Å². The molecule has 0 radical (unpaired) electrons. The highest BCUT2D eigenvalue weighted by Gasteiger charge is 2.52. The van der Waals surface area contributed by atoms with E-state index >= 15 is 0 Å². The molecule has 1 fully saturated rings. The predicted octanol–water partition coefficient (Wildman–Crippen LogP) is 7.01. The van der Waals surface area contributed by atoms with E-state index in [1.807, 2.05) is 33.8 Å². The monoisotopic (exact) mass is 470 g/mol. The maximum absolute atomic E-state index is 12.9. The van der Waals surface area contributed by atoms with Gasteiger partial charge in [0, 0.05) is 5.92 Å². The molecule has 32 heavy (non-hydrogen) atoms. The predicted molar refractivity (Wildman–Crippen MR) is 134 cm³/mol. The molecule has 188 valence electrons. The number of rotatable bonds is 10. The number of unbranched alkanes of at least 4 members (excludes halogenated alkanes) is 2. The Kier molecular flexibility index (Phi) is 10.7. The van der Waals surface area contributed by atoms with Crippen molar-refractivity contribution in [3.8, 4) is 0 Å². The molecule has 0 amide bonds. The third-order valence-electron chi connectivity index (χ3n) is 6.81. The van der Waals surface area contributed by atoms with Crippen LogP contribution in [-0.2, 0) is 23.4 Å². The fourth-order valence-corrected chi connectivity index (χ4v) is 5.40. The third-order valence-corrected chi connectivity index (χ3v) is 11.3. The average Bonchev–Trinajstić information content (AvgIpc) is 2.71. The number of hydrogen-bond acceptors (Lipinski definition) is 5. The number of carbonyl (C=O) groups is 1. The van der Waals surface area contributed by atoms with E-state index in [1.54, 1.807) is 0 Å². The van der Waals surface area contributed by atoms with Crippen molar-refractivity contribution in [2.24, 2.45) is 5.92 Å². The Morgan fingerprint density at radius 3 is 2.31 bits per heavy atom. The second-order valence-electron chi connectivity index (χ2n) is 12.0. The molecule has 1 saturated heterocycles. The van der Waals surface area contributed by atoms with Gasteiger partial charge in [-0.2, -0.15) is 0 Å². The Hall–Kier alpha value is -0.693. The quantitative estimate of drug-likeness (QED) is 0.149. The fourth-order valence-electron chi connectivity index (χ4n) is 3.99. The summed E-state index contributed by atoms with van der Waals surface area (Å²) in [5, 5.41) is 0.0312. The molecule has 5 nitrogen and oxygen atoms in total. The van der Waals surface area contributed by atoms with Gasteiger partial charge in [-0.05, 0) is 58.7 Å². The number of allylic oxidation sites excluding steroid dienone is 1. The van der Waals surface area contributed by atoms with Crippen molar-refractivity contribution in [1.82, 2.24) is 0 Å². The maximum atomic E-state index is 12.9. The first-order valence-electron chi connectivity index (χ1n) is 12.3. The maximum Gasteiger partial charge on any atom is 0.309 e. The van der Waals surface area contributed by atoms with Crippen LogP contribution in [0.3, 0.4) is 0 Å². The molecule has 0 spiro atoms. The SMILES string of the molecule is C=CC[C@@H]1[C@H](CCCCC)OCO[C@@](C)(CC(=O)OC(C)(C)C)[C@H]1O[Si](C)(C)C(C)(C)C. The molecule has 0 bridgehead atoms.